The van der Waals surface area contributed by atoms with Crippen LogP contribution in [0.1, 0.15) is 11.3 Å². The molecule has 5 heteroatoms. The molecule has 0 saturated carbocycles. The number of para-hydroxylation sites is 1. The average molecular weight is 255 g/mol. The largest absolute Gasteiger partial charge is 0.465 e. The first-order valence-electron chi connectivity index (χ1n) is 6.15. The van der Waals surface area contributed by atoms with Crippen molar-refractivity contribution < 1.29 is 9.90 Å². The van der Waals surface area contributed by atoms with Crippen LogP contribution in [0.2, 0.25) is 0 Å². The van der Waals surface area contributed by atoms with Crippen LogP contribution in [-0.4, -0.2) is 27.2 Å². The number of carbonyl (C=O) groups is 1. The summed E-state index contributed by atoms with van der Waals surface area (Å²) in [4.78, 5) is 12.4. The molecule has 1 aromatic carbocycles. The summed E-state index contributed by atoms with van der Waals surface area (Å²) in [6.07, 6.45) is -0.502. The second-order valence-corrected chi connectivity index (χ2v) is 4.68. The zero-order valence-corrected chi connectivity index (χ0v) is 10.3. The number of hydrogen-bond donors (Lipinski definition) is 1. The Morgan fingerprint density at radius 2 is 2.26 bits per heavy atom. The Bertz CT molecular complexity index is 697. The fourth-order valence-corrected chi connectivity index (χ4v) is 2.73. The average Bonchev–Trinajstić information content (AvgIpc) is 2.77. The van der Waals surface area contributed by atoms with Crippen molar-refractivity contribution in [3.63, 3.8) is 0 Å². The molecule has 1 amide bonds. The molecular formula is C14H13N3O2. The molecule has 3 rings (SSSR count). The number of aromatic nitrogens is 1. The Hall–Kier alpha value is -2.48. The van der Waals surface area contributed by atoms with Crippen LogP contribution in [0.25, 0.3) is 10.9 Å². The van der Waals surface area contributed by atoms with Gasteiger partial charge in [-0.1, -0.05) is 18.2 Å². The van der Waals surface area contributed by atoms with E-state index in [0.717, 1.165) is 22.2 Å². The van der Waals surface area contributed by atoms with Gasteiger partial charge in [0.2, 0.25) is 0 Å². The Labute approximate surface area is 110 Å². The Kier molecular flexibility index (Phi) is 2.64. The number of rotatable bonds is 1. The third kappa shape index (κ3) is 1.82. The highest BCUT2D eigenvalue weighted by Crippen LogP contribution is 2.27. The summed E-state index contributed by atoms with van der Waals surface area (Å²) in [5, 5.41) is 19.0. The molecule has 1 N–H and O–H groups in total. The number of hydrogen-bond acceptors (Lipinski definition) is 2. The minimum Gasteiger partial charge on any atom is -0.465 e. The molecule has 96 valence electrons. The second kappa shape index (κ2) is 4.32. The van der Waals surface area contributed by atoms with E-state index < -0.39 is 6.09 Å². The summed E-state index contributed by atoms with van der Waals surface area (Å²) in [5.74, 6) is 0. The van der Waals surface area contributed by atoms with Gasteiger partial charge >= 0.3 is 6.09 Å². The molecule has 1 aliphatic rings. The number of nitrogens with zero attached hydrogens (tertiary/aromatic N) is 3. The van der Waals surface area contributed by atoms with Gasteiger partial charge in [0.25, 0.3) is 0 Å². The number of benzene rings is 1. The van der Waals surface area contributed by atoms with Gasteiger partial charge < -0.3 is 14.6 Å². The van der Waals surface area contributed by atoms with E-state index in [4.69, 9.17) is 10.4 Å². The SMILES string of the molecule is N#CCc1cccc2cc3n(c12)CCN(C(=O)O)C3. The van der Waals surface area contributed by atoms with Crippen molar-refractivity contribution in [2.24, 2.45) is 0 Å². The molecule has 5 nitrogen and oxygen atoms in total. The lowest BCUT2D eigenvalue weighted by Crippen LogP contribution is -2.37. The van der Waals surface area contributed by atoms with Gasteiger partial charge in [0.05, 0.1) is 24.6 Å². The van der Waals surface area contributed by atoms with E-state index >= 15 is 0 Å². The van der Waals surface area contributed by atoms with Crippen molar-refractivity contribution in [3.05, 3.63) is 35.5 Å². The second-order valence-electron chi connectivity index (χ2n) is 4.68. The maximum atomic E-state index is 11.0. The van der Waals surface area contributed by atoms with E-state index in [9.17, 15) is 4.79 Å². The summed E-state index contributed by atoms with van der Waals surface area (Å²) in [7, 11) is 0. The van der Waals surface area contributed by atoms with Crippen molar-refractivity contribution in [1.82, 2.24) is 9.47 Å². The van der Waals surface area contributed by atoms with Crippen molar-refractivity contribution in [3.8, 4) is 6.07 Å². The van der Waals surface area contributed by atoms with Crippen LogP contribution in [0.4, 0.5) is 4.79 Å². The Morgan fingerprint density at radius 1 is 1.42 bits per heavy atom. The molecule has 0 bridgehead atoms. The number of fused-ring (bicyclic) bond motifs is 3. The van der Waals surface area contributed by atoms with E-state index in [1.54, 1.807) is 0 Å². The lowest BCUT2D eigenvalue weighted by molar-refractivity contribution is 0.133. The molecule has 0 atom stereocenters. The molecule has 2 aromatic rings. The van der Waals surface area contributed by atoms with Crippen LogP contribution >= 0.6 is 0 Å². The number of nitriles is 1. The first kappa shape index (κ1) is 11.6. The Balaban J connectivity index is 2.12. The molecule has 0 saturated heterocycles. The van der Waals surface area contributed by atoms with Crippen LogP contribution in [0.3, 0.4) is 0 Å². The normalized spacial score (nSPS) is 14.2. The van der Waals surface area contributed by atoms with Gasteiger partial charge in [0, 0.05) is 24.2 Å². The lowest BCUT2D eigenvalue weighted by atomic mass is 10.1. The predicted molar refractivity (Wildman–Crippen MR) is 69.7 cm³/mol. The van der Waals surface area contributed by atoms with E-state index in [1.165, 1.54) is 4.90 Å². The zero-order chi connectivity index (χ0) is 13.4. The molecule has 1 aromatic heterocycles. The third-order valence-corrected chi connectivity index (χ3v) is 3.58. The fourth-order valence-electron chi connectivity index (χ4n) is 2.73. The highest BCUT2D eigenvalue weighted by Gasteiger charge is 2.22. The maximum absolute atomic E-state index is 11.0. The van der Waals surface area contributed by atoms with Crippen LogP contribution in [0.5, 0.6) is 0 Å². The predicted octanol–water partition coefficient (Wildman–Crippen LogP) is 2.20. The fraction of sp³-hybridized carbons (Fsp3) is 0.286. The highest BCUT2D eigenvalue weighted by molar-refractivity contribution is 5.85. The molecular weight excluding hydrogens is 242 g/mol. The molecule has 0 radical (unpaired) electrons. The first-order valence-corrected chi connectivity index (χ1v) is 6.15. The van der Waals surface area contributed by atoms with Gasteiger partial charge in [-0.15, -0.1) is 0 Å². The molecule has 0 unspecified atom stereocenters. The van der Waals surface area contributed by atoms with Crippen LogP contribution in [0, 0.1) is 11.3 Å². The zero-order valence-electron chi connectivity index (χ0n) is 10.3. The van der Waals surface area contributed by atoms with Crippen molar-refractivity contribution >= 4 is 17.0 Å². The topological polar surface area (TPSA) is 69.3 Å². The number of amides is 1. The van der Waals surface area contributed by atoms with E-state index in [-0.39, 0.29) is 0 Å². The van der Waals surface area contributed by atoms with Crippen molar-refractivity contribution in [2.45, 2.75) is 19.5 Å². The standard InChI is InChI=1S/C14H13N3O2/c15-5-4-10-2-1-3-11-8-12-9-16(14(18)19)6-7-17(12)13(10)11/h1-3,8H,4,6-7,9H2,(H,18,19). The maximum Gasteiger partial charge on any atom is 0.407 e. The first-order chi connectivity index (χ1) is 9.20. The summed E-state index contributed by atoms with van der Waals surface area (Å²) in [5.41, 5.74) is 3.08. The van der Waals surface area contributed by atoms with Crippen molar-refractivity contribution in [2.75, 3.05) is 6.54 Å². The summed E-state index contributed by atoms with van der Waals surface area (Å²) < 4.78 is 2.14. The van der Waals surface area contributed by atoms with Gasteiger partial charge in [-0.2, -0.15) is 5.26 Å². The van der Waals surface area contributed by atoms with Gasteiger partial charge in [-0.3, -0.25) is 0 Å². The lowest BCUT2D eigenvalue weighted by Gasteiger charge is -2.26. The van der Waals surface area contributed by atoms with E-state index in [2.05, 4.69) is 10.6 Å². The molecule has 2 heterocycles. The quantitative estimate of drug-likeness (QED) is 0.849. The van der Waals surface area contributed by atoms with Crippen LogP contribution < -0.4 is 0 Å². The van der Waals surface area contributed by atoms with E-state index in [0.29, 0.717) is 26.1 Å². The third-order valence-electron chi connectivity index (χ3n) is 3.58. The summed E-state index contributed by atoms with van der Waals surface area (Å²) in [6.45, 7) is 1.55. The van der Waals surface area contributed by atoms with Crippen LogP contribution in [-0.2, 0) is 19.5 Å². The molecule has 1 aliphatic heterocycles. The summed E-state index contributed by atoms with van der Waals surface area (Å²) >= 11 is 0. The number of carboxylic acid groups (broad SMARTS) is 1. The smallest absolute Gasteiger partial charge is 0.407 e. The van der Waals surface area contributed by atoms with Crippen LogP contribution in [0.15, 0.2) is 24.3 Å². The van der Waals surface area contributed by atoms with Gasteiger partial charge in [-0.25, -0.2) is 4.79 Å². The molecule has 0 spiro atoms. The van der Waals surface area contributed by atoms with Crippen molar-refractivity contribution in [1.29, 1.82) is 5.26 Å². The molecule has 0 fully saturated rings. The van der Waals surface area contributed by atoms with E-state index in [1.807, 2.05) is 24.3 Å². The van der Waals surface area contributed by atoms with Gasteiger partial charge in [0.1, 0.15) is 0 Å². The molecule has 19 heavy (non-hydrogen) atoms. The van der Waals surface area contributed by atoms with Gasteiger partial charge in [-0.05, 0) is 11.6 Å². The monoisotopic (exact) mass is 255 g/mol. The summed E-state index contributed by atoms with van der Waals surface area (Å²) in [6, 6.07) is 10.1. The molecule has 0 aliphatic carbocycles. The Morgan fingerprint density at radius 3 is 3.00 bits per heavy atom. The minimum absolute atomic E-state index is 0.378. The van der Waals surface area contributed by atoms with Gasteiger partial charge in [0.15, 0.2) is 0 Å². The minimum atomic E-state index is -0.881. The highest BCUT2D eigenvalue weighted by atomic mass is 16.4.